The van der Waals surface area contributed by atoms with Crippen LogP contribution in [0.15, 0.2) is 45.6 Å². The maximum absolute atomic E-state index is 12.9. The van der Waals surface area contributed by atoms with E-state index in [1.807, 2.05) is 37.3 Å². The standard InChI is InChI=1S/C23H26N2O4/c1-15-18-8-9-20(26)19(14-25-12-10-24(2)11-13-25)22(18)29-23(27)21(15)16-4-6-17(28-3)7-5-16/h4-9,26H,10-14H2,1-3H3/p+2. The van der Waals surface area contributed by atoms with Crippen molar-refractivity contribution in [1.82, 2.24) is 0 Å². The number of methoxy groups -OCH3 is 1. The summed E-state index contributed by atoms with van der Waals surface area (Å²) in [4.78, 5) is 15.8. The molecular weight excluding hydrogens is 368 g/mol. The molecule has 152 valence electrons. The average molecular weight is 396 g/mol. The summed E-state index contributed by atoms with van der Waals surface area (Å²) in [5.74, 6) is 0.928. The first-order valence-corrected chi connectivity index (χ1v) is 10.1. The summed E-state index contributed by atoms with van der Waals surface area (Å²) in [6, 6.07) is 10.9. The van der Waals surface area contributed by atoms with E-state index in [2.05, 4.69) is 7.05 Å². The van der Waals surface area contributed by atoms with Crippen molar-refractivity contribution in [3.8, 4) is 22.6 Å². The second kappa shape index (κ2) is 7.89. The lowest BCUT2D eigenvalue weighted by molar-refractivity contribution is -1.01. The molecule has 0 amide bonds. The van der Waals surface area contributed by atoms with Gasteiger partial charge in [0.1, 0.15) is 44.2 Å². The van der Waals surface area contributed by atoms with Crippen LogP contribution in [0.25, 0.3) is 22.1 Å². The van der Waals surface area contributed by atoms with E-state index in [0.717, 1.165) is 54.0 Å². The van der Waals surface area contributed by atoms with E-state index in [1.165, 1.54) is 9.80 Å². The molecule has 0 saturated carbocycles. The summed E-state index contributed by atoms with van der Waals surface area (Å²) in [7, 11) is 3.82. The first-order chi connectivity index (χ1) is 14.0. The number of hydrogen-bond acceptors (Lipinski definition) is 4. The Balaban J connectivity index is 1.79. The summed E-state index contributed by atoms with van der Waals surface area (Å²) in [5, 5.41) is 11.4. The first-order valence-electron chi connectivity index (χ1n) is 10.1. The van der Waals surface area contributed by atoms with Crippen LogP contribution >= 0.6 is 0 Å². The fourth-order valence-electron chi connectivity index (χ4n) is 4.18. The van der Waals surface area contributed by atoms with Gasteiger partial charge in [0.25, 0.3) is 0 Å². The molecule has 1 aliphatic rings. The molecule has 6 nitrogen and oxygen atoms in total. The molecule has 0 spiro atoms. The number of hydrogen-bond donors (Lipinski definition) is 3. The fourth-order valence-corrected chi connectivity index (χ4v) is 4.18. The largest absolute Gasteiger partial charge is 0.507 e. The molecule has 0 bridgehead atoms. The van der Waals surface area contributed by atoms with Crippen LogP contribution in [0.1, 0.15) is 11.1 Å². The molecular formula is C23H28N2O4+2. The Morgan fingerprint density at radius 1 is 1.07 bits per heavy atom. The molecule has 3 aromatic rings. The third-order valence-corrected chi connectivity index (χ3v) is 6.03. The van der Waals surface area contributed by atoms with Crippen molar-refractivity contribution in [2.75, 3.05) is 40.3 Å². The maximum Gasteiger partial charge on any atom is 0.344 e. The Kier molecular flexibility index (Phi) is 5.30. The Hall–Kier alpha value is -2.83. The third kappa shape index (κ3) is 3.73. The Morgan fingerprint density at radius 2 is 1.76 bits per heavy atom. The van der Waals surface area contributed by atoms with Gasteiger partial charge in [0.15, 0.2) is 5.58 Å². The predicted molar refractivity (Wildman–Crippen MR) is 112 cm³/mol. The van der Waals surface area contributed by atoms with Crippen molar-refractivity contribution < 1.29 is 24.1 Å². The maximum atomic E-state index is 12.9. The van der Waals surface area contributed by atoms with E-state index in [1.54, 1.807) is 13.2 Å². The number of benzene rings is 2. The Labute approximate surface area is 169 Å². The number of likely N-dealkylation sites (N-methyl/N-ethyl adjacent to an activating group) is 1. The number of phenols is 1. The molecule has 1 saturated heterocycles. The van der Waals surface area contributed by atoms with Crippen LogP contribution in [0, 0.1) is 6.92 Å². The molecule has 0 atom stereocenters. The second-order valence-corrected chi connectivity index (χ2v) is 7.94. The van der Waals surface area contributed by atoms with Gasteiger partial charge in [0, 0.05) is 5.39 Å². The van der Waals surface area contributed by atoms with Crippen molar-refractivity contribution in [2.24, 2.45) is 0 Å². The lowest BCUT2D eigenvalue weighted by Crippen LogP contribution is -3.26. The molecule has 0 unspecified atom stereocenters. The summed E-state index contributed by atoms with van der Waals surface area (Å²) in [6.07, 6.45) is 0. The van der Waals surface area contributed by atoms with Crippen molar-refractivity contribution in [1.29, 1.82) is 0 Å². The smallest absolute Gasteiger partial charge is 0.344 e. The van der Waals surface area contributed by atoms with Gasteiger partial charge in [0.05, 0.1) is 25.3 Å². The Bertz CT molecular complexity index is 1080. The van der Waals surface area contributed by atoms with E-state index in [4.69, 9.17) is 9.15 Å². The Morgan fingerprint density at radius 3 is 2.41 bits per heavy atom. The third-order valence-electron chi connectivity index (χ3n) is 6.03. The summed E-state index contributed by atoms with van der Waals surface area (Å²) >= 11 is 0. The van der Waals surface area contributed by atoms with Crippen LogP contribution < -0.4 is 20.2 Å². The van der Waals surface area contributed by atoms with Gasteiger partial charge < -0.3 is 24.1 Å². The topological polar surface area (TPSA) is 68.5 Å². The van der Waals surface area contributed by atoms with Crippen molar-refractivity contribution in [2.45, 2.75) is 13.5 Å². The molecule has 29 heavy (non-hydrogen) atoms. The molecule has 1 aromatic heterocycles. The van der Waals surface area contributed by atoms with Gasteiger partial charge in [0.2, 0.25) is 0 Å². The van der Waals surface area contributed by atoms with Gasteiger partial charge in [-0.05, 0) is 42.3 Å². The minimum atomic E-state index is -0.384. The zero-order valence-corrected chi connectivity index (χ0v) is 17.2. The van der Waals surface area contributed by atoms with Crippen LogP contribution in [0.4, 0.5) is 0 Å². The molecule has 2 heterocycles. The van der Waals surface area contributed by atoms with Crippen LogP contribution in [0.5, 0.6) is 11.5 Å². The fraction of sp³-hybridized carbons (Fsp3) is 0.348. The minimum absolute atomic E-state index is 0.191. The average Bonchev–Trinajstić information content (AvgIpc) is 2.72. The zero-order valence-electron chi connectivity index (χ0n) is 17.2. The van der Waals surface area contributed by atoms with Crippen LogP contribution in [-0.4, -0.2) is 45.4 Å². The second-order valence-electron chi connectivity index (χ2n) is 7.94. The summed E-state index contributed by atoms with van der Waals surface area (Å²) < 4.78 is 11.0. The van der Waals surface area contributed by atoms with E-state index < -0.39 is 0 Å². The van der Waals surface area contributed by atoms with Gasteiger partial charge in [-0.25, -0.2) is 4.79 Å². The number of aromatic hydroxyl groups is 1. The van der Waals surface area contributed by atoms with Crippen molar-refractivity contribution in [3.63, 3.8) is 0 Å². The van der Waals surface area contributed by atoms with E-state index in [9.17, 15) is 9.90 Å². The van der Waals surface area contributed by atoms with Crippen molar-refractivity contribution in [3.05, 3.63) is 57.9 Å². The molecule has 1 aliphatic heterocycles. The highest BCUT2D eigenvalue weighted by Gasteiger charge is 2.24. The predicted octanol–water partition coefficient (Wildman–Crippen LogP) is 0.396. The van der Waals surface area contributed by atoms with E-state index >= 15 is 0 Å². The molecule has 3 N–H and O–H groups in total. The van der Waals surface area contributed by atoms with Gasteiger partial charge in [-0.2, -0.15) is 0 Å². The van der Waals surface area contributed by atoms with Gasteiger partial charge in [-0.15, -0.1) is 0 Å². The first kappa shape index (κ1) is 19.5. The lowest BCUT2D eigenvalue weighted by atomic mass is 9.97. The highest BCUT2D eigenvalue weighted by molar-refractivity contribution is 5.89. The number of fused-ring (bicyclic) bond motifs is 1. The molecule has 6 heteroatoms. The zero-order chi connectivity index (χ0) is 20.5. The van der Waals surface area contributed by atoms with Gasteiger partial charge in [-0.1, -0.05) is 12.1 Å². The number of piperazine rings is 1. The van der Waals surface area contributed by atoms with Gasteiger partial charge in [-0.3, -0.25) is 0 Å². The normalized spacial score (nSPS) is 19.4. The number of rotatable bonds is 4. The number of ether oxygens (including phenoxy) is 1. The van der Waals surface area contributed by atoms with E-state index in [-0.39, 0.29) is 11.4 Å². The molecule has 4 rings (SSSR count). The number of quaternary nitrogens is 2. The number of nitrogens with one attached hydrogen (secondary N) is 2. The highest BCUT2D eigenvalue weighted by atomic mass is 16.5. The van der Waals surface area contributed by atoms with E-state index in [0.29, 0.717) is 17.7 Å². The summed E-state index contributed by atoms with van der Waals surface area (Å²) in [5.41, 5.74) is 3.04. The SMILES string of the molecule is COc1ccc(-c2c(C)c3ccc(O)c(C[NH+]4CC[NH+](C)CC4)c3oc2=O)cc1. The number of phenolic OH excluding ortho intramolecular Hbond substituents is 1. The van der Waals surface area contributed by atoms with Crippen LogP contribution in [-0.2, 0) is 6.54 Å². The molecule has 0 radical (unpaired) electrons. The quantitative estimate of drug-likeness (QED) is 0.559. The minimum Gasteiger partial charge on any atom is -0.507 e. The molecule has 2 aromatic carbocycles. The highest BCUT2D eigenvalue weighted by Crippen LogP contribution is 2.32. The monoisotopic (exact) mass is 396 g/mol. The van der Waals surface area contributed by atoms with Crippen molar-refractivity contribution >= 4 is 11.0 Å². The summed E-state index contributed by atoms with van der Waals surface area (Å²) in [6.45, 7) is 6.87. The lowest BCUT2D eigenvalue weighted by Gasteiger charge is -2.27. The van der Waals surface area contributed by atoms with Crippen LogP contribution in [0.3, 0.4) is 0 Å². The molecule has 1 fully saturated rings. The number of aryl methyl sites for hydroxylation is 1. The van der Waals surface area contributed by atoms with Crippen LogP contribution in [0.2, 0.25) is 0 Å². The van der Waals surface area contributed by atoms with Gasteiger partial charge >= 0.3 is 5.63 Å². The molecule has 0 aliphatic carbocycles.